The third kappa shape index (κ3) is 2.37. The van der Waals surface area contributed by atoms with Crippen LogP contribution in [-0.2, 0) is 0 Å². The predicted octanol–water partition coefficient (Wildman–Crippen LogP) is 4.96. The summed E-state index contributed by atoms with van der Waals surface area (Å²) in [6.45, 7) is 2.09. The van der Waals surface area contributed by atoms with Crippen LogP contribution in [0.15, 0.2) is 65.1 Å². The van der Waals surface area contributed by atoms with Gasteiger partial charge in [0.05, 0.1) is 6.04 Å². The fourth-order valence-corrected chi connectivity index (χ4v) is 3.08. The molecule has 2 N–H and O–H groups in total. The van der Waals surface area contributed by atoms with E-state index in [1.807, 2.05) is 0 Å². The van der Waals surface area contributed by atoms with Crippen LogP contribution < -0.4 is 5.73 Å². The molecule has 0 aliphatic rings. The molecular formula is C18H16BrN. The molecule has 0 spiro atoms. The number of halogens is 1. The number of rotatable bonds is 2. The Balaban J connectivity index is 2.17. The number of aryl methyl sites for hydroxylation is 1. The second-order valence-electron chi connectivity index (χ2n) is 5.07. The highest BCUT2D eigenvalue weighted by atomic mass is 79.9. The molecule has 3 aromatic rings. The summed E-state index contributed by atoms with van der Waals surface area (Å²) in [5.41, 5.74) is 10.0. The second-order valence-corrected chi connectivity index (χ2v) is 5.93. The summed E-state index contributed by atoms with van der Waals surface area (Å²) in [5.74, 6) is 0. The minimum atomic E-state index is -0.129. The minimum absolute atomic E-state index is 0.129. The Morgan fingerprint density at radius 3 is 2.50 bits per heavy atom. The fraction of sp³-hybridized carbons (Fsp3) is 0.111. The smallest absolute Gasteiger partial charge is 0.0569 e. The first-order chi connectivity index (χ1) is 9.66. The Hall–Kier alpha value is -1.64. The maximum absolute atomic E-state index is 6.52. The lowest BCUT2D eigenvalue weighted by Crippen LogP contribution is -2.13. The molecule has 1 atom stereocenters. The van der Waals surface area contributed by atoms with E-state index in [2.05, 4.69) is 83.5 Å². The number of hydrogen-bond acceptors (Lipinski definition) is 1. The van der Waals surface area contributed by atoms with Crippen LogP contribution in [0.2, 0.25) is 0 Å². The van der Waals surface area contributed by atoms with Gasteiger partial charge in [-0.2, -0.15) is 0 Å². The molecule has 2 heteroatoms. The van der Waals surface area contributed by atoms with E-state index < -0.39 is 0 Å². The summed E-state index contributed by atoms with van der Waals surface area (Å²) in [6.07, 6.45) is 0. The standard InChI is InChI=1S/C18H16BrN/c1-12-9-10-17(19)16(11-12)18(20)15-8-4-6-13-5-2-3-7-14(13)15/h2-11,18H,20H2,1H3. The van der Waals surface area contributed by atoms with Crippen LogP contribution in [0, 0.1) is 6.92 Å². The number of nitrogens with two attached hydrogens (primary N) is 1. The van der Waals surface area contributed by atoms with E-state index in [0.29, 0.717) is 0 Å². The maximum Gasteiger partial charge on any atom is 0.0569 e. The van der Waals surface area contributed by atoms with Gasteiger partial charge in [0, 0.05) is 4.47 Å². The quantitative estimate of drug-likeness (QED) is 0.708. The van der Waals surface area contributed by atoms with Crippen molar-refractivity contribution < 1.29 is 0 Å². The van der Waals surface area contributed by atoms with Crippen LogP contribution in [0.3, 0.4) is 0 Å². The molecule has 1 unspecified atom stereocenters. The molecule has 0 saturated carbocycles. The van der Waals surface area contributed by atoms with Crippen molar-refractivity contribution in [3.63, 3.8) is 0 Å². The van der Waals surface area contributed by atoms with Gasteiger partial charge in [-0.15, -0.1) is 0 Å². The lowest BCUT2D eigenvalue weighted by atomic mass is 9.94. The third-order valence-corrected chi connectivity index (χ3v) is 4.37. The van der Waals surface area contributed by atoms with Gasteiger partial charge in [-0.3, -0.25) is 0 Å². The van der Waals surface area contributed by atoms with E-state index in [9.17, 15) is 0 Å². The largest absolute Gasteiger partial charge is 0.320 e. The van der Waals surface area contributed by atoms with Gasteiger partial charge in [0.25, 0.3) is 0 Å². The lowest BCUT2D eigenvalue weighted by Gasteiger charge is -2.17. The molecule has 20 heavy (non-hydrogen) atoms. The first-order valence-electron chi connectivity index (χ1n) is 6.66. The number of benzene rings is 3. The van der Waals surface area contributed by atoms with E-state index in [4.69, 9.17) is 5.73 Å². The molecule has 0 fully saturated rings. The Morgan fingerprint density at radius 1 is 0.900 bits per heavy atom. The highest BCUT2D eigenvalue weighted by Gasteiger charge is 2.14. The Bertz CT molecular complexity index is 759. The molecule has 1 nitrogen and oxygen atoms in total. The SMILES string of the molecule is Cc1ccc(Br)c(C(N)c2cccc3ccccc23)c1. The van der Waals surface area contributed by atoms with Gasteiger partial charge in [0.1, 0.15) is 0 Å². The van der Waals surface area contributed by atoms with Crippen molar-refractivity contribution in [3.05, 3.63) is 81.8 Å². The minimum Gasteiger partial charge on any atom is -0.320 e. The van der Waals surface area contributed by atoms with Crippen molar-refractivity contribution in [2.75, 3.05) is 0 Å². The normalized spacial score (nSPS) is 12.6. The van der Waals surface area contributed by atoms with E-state index in [0.717, 1.165) is 15.6 Å². The lowest BCUT2D eigenvalue weighted by molar-refractivity contribution is 0.873. The average molecular weight is 326 g/mol. The van der Waals surface area contributed by atoms with Gasteiger partial charge in [0.2, 0.25) is 0 Å². The van der Waals surface area contributed by atoms with Gasteiger partial charge >= 0.3 is 0 Å². The Morgan fingerprint density at radius 2 is 1.65 bits per heavy atom. The molecule has 0 amide bonds. The molecule has 3 aromatic carbocycles. The molecule has 0 heterocycles. The molecule has 0 bridgehead atoms. The highest BCUT2D eigenvalue weighted by Crippen LogP contribution is 2.31. The topological polar surface area (TPSA) is 26.0 Å². The highest BCUT2D eigenvalue weighted by molar-refractivity contribution is 9.10. The first-order valence-corrected chi connectivity index (χ1v) is 7.45. The van der Waals surface area contributed by atoms with Crippen molar-refractivity contribution in [3.8, 4) is 0 Å². The van der Waals surface area contributed by atoms with Crippen molar-refractivity contribution in [2.24, 2.45) is 5.73 Å². The van der Waals surface area contributed by atoms with Gasteiger partial charge in [-0.1, -0.05) is 76.1 Å². The summed E-state index contributed by atoms with van der Waals surface area (Å²) < 4.78 is 1.06. The third-order valence-electron chi connectivity index (χ3n) is 3.64. The molecule has 0 radical (unpaired) electrons. The molecule has 3 rings (SSSR count). The molecule has 100 valence electrons. The van der Waals surface area contributed by atoms with Crippen LogP contribution in [-0.4, -0.2) is 0 Å². The summed E-state index contributed by atoms with van der Waals surface area (Å²) in [4.78, 5) is 0. The van der Waals surface area contributed by atoms with E-state index in [-0.39, 0.29) is 6.04 Å². The summed E-state index contributed by atoms with van der Waals surface area (Å²) >= 11 is 3.61. The van der Waals surface area contributed by atoms with Crippen LogP contribution in [0.5, 0.6) is 0 Å². The van der Waals surface area contributed by atoms with Crippen LogP contribution in [0.25, 0.3) is 10.8 Å². The van der Waals surface area contributed by atoms with Crippen molar-refractivity contribution in [2.45, 2.75) is 13.0 Å². The van der Waals surface area contributed by atoms with Gasteiger partial charge in [-0.25, -0.2) is 0 Å². The monoisotopic (exact) mass is 325 g/mol. The molecular weight excluding hydrogens is 310 g/mol. The fourth-order valence-electron chi connectivity index (χ4n) is 2.59. The van der Waals surface area contributed by atoms with Crippen molar-refractivity contribution in [1.29, 1.82) is 0 Å². The van der Waals surface area contributed by atoms with Gasteiger partial charge in [0.15, 0.2) is 0 Å². The van der Waals surface area contributed by atoms with Crippen LogP contribution >= 0.6 is 15.9 Å². The van der Waals surface area contributed by atoms with E-state index in [1.165, 1.54) is 16.3 Å². The summed E-state index contributed by atoms with van der Waals surface area (Å²) in [7, 11) is 0. The zero-order valence-electron chi connectivity index (χ0n) is 11.3. The zero-order chi connectivity index (χ0) is 14.1. The van der Waals surface area contributed by atoms with E-state index >= 15 is 0 Å². The van der Waals surface area contributed by atoms with Crippen molar-refractivity contribution in [1.82, 2.24) is 0 Å². The van der Waals surface area contributed by atoms with Crippen LogP contribution in [0.1, 0.15) is 22.7 Å². The molecule has 0 aromatic heterocycles. The average Bonchev–Trinajstić information content (AvgIpc) is 2.48. The number of hydrogen-bond donors (Lipinski definition) is 1. The zero-order valence-corrected chi connectivity index (χ0v) is 12.9. The first kappa shape index (κ1) is 13.3. The van der Waals surface area contributed by atoms with Crippen LogP contribution in [0.4, 0.5) is 0 Å². The number of fused-ring (bicyclic) bond motifs is 1. The molecule has 0 aliphatic carbocycles. The maximum atomic E-state index is 6.52. The Labute approximate surface area is 127 Å². The Kier molecular flexibility index (Phi) is 3.60. The molecule has 0 saturated heterocycles. The second kappa shape index (κ2) is 5.39. The molecule has 0 aliphatic heterocycles. The van der Waals surface area contributed by atoms with Gasteiger partial charge in [-0.05, 0) is 34.9 Å². The van der Waals surface area contributed by atoms with Gasteiger partial charge < -0.3 is 5.73 Å². The summed E-state index contributed by atoms with van der Waals surface area (Å²) in [5, 5.41) is 2.44. The van der Waals surface area contributed by atoms with E-state index in [1.54, 1.807) is 0 Å². The van der Waals surface area contributed by atoms with Crippen molar-refractivity contribution >= 4 is 26.7 Å². The predicted molar refractivity (Wildman–Crippen MR) is 88.9 cm³/mol. The summed E-state index contributed by atoms with van der Waals surface area (Å²) in [6, 6.07) is 20.8.